The van der Waals surface area contributed by atoms with Gasteiger partial charge in [-0.1, -0.05) is 19.3 Å². The van der Waals surface area contributed by atoms with Gasteiger partial charge < -0.3 is 5.11 Å². The third-order valence-corrected chi connectivity index (χ3v) is 3.24. The lowest BCUT2D eigenvalue weighted by atomic mass is 9.81. The standard InChI is InChI=1S/C12H14F3NO/c13-12(14,15)9-4-5-10(16-7-9)11(17)6-8-2-1-3-8/h4-5,7-8,11,17H,1-3,6H2. The van der Waals surface area contributed by atoms with Crippen LogP contribution in [0.1, 0.15) is 43.0 Å². The molecule has 0 spiro atoms. The molecule has 1 atom stereocenters. The normalized spacial score (nSPS) is 18.8. The minimum Gasteiger partial charge on any atom is -0.387 e. The lowest BCUT2D eigenvalue weighted by molar-refractivity contribution is -0.137. The van der Waals surface area contributed by atoms with Crippen LogP contribution in [0.5, 0.6) is 0 Å². The van der Waals surface area contributed by atoms with Crippen LogP contribution in [-0.4, -0.2) is 10.1 Å². The topological polar surface area (TPSA) is 33.1 Å². The Morgan fingerprint density at radius 3 is 2.47 bits per heavy atom. The van der Waals surface area contributed by atoms with E-state index in [1.165, 1.54) is 12.5 Å². The predicted octanol–water partition coefficient (Wildman–Crippen LogP) is 3.32. The van der Waals surface area contributed by atoms with Crippen LogP contribution >= 0.6 is 0 Å². The fourth-order valence-electron chi connectivity index (χ4n) is 1.94. The molecule has 1 saturated carbocycles. The maximum Gasteiger partial charge on any atom is 0.417 e. The number of aliphatic hydroxyl groups excluding tert-OH is 1. The molecule has 0 aromatic carbocycles. The molecular weight excluding hydrogens is 231 g/mol. The molecule has 0 saturated heterocycles. The van der Waals surface area contributed by atoms with Gasteiger partial charge in [0.25, 0.3) is 0 Å². The summed E-state index contributed by atoms with van der Waals surface area (Å²) in [7, 11) is 0. The molecule has 0 radical (unpaired) electrons. The van der Waals surface area contributed by atoms with Crippen LogP contribution in [-0.2, 0) is 6.18 Å². The molecule has 0 amide bonds. The van der Waals surface area contributed by atoms with Crippen molar-refractivity contribution in [2.75, 3.05) is 0 Å². The van der Waals surface area contributed by atoms with E-state index in [4.69, 9.17) is 0 Å². The average molecular weight is 245 g/mol. The molecule has 1 unspecified atom stereocenters. The third kappa shape index (κ3) is 2.97. The minimum absolute atomic E-state index is 0.324. The van der Waals surface area contributed by atoms with Gasteiger partial charge in [-0.15, -0.1) is 0 Å². The Morgan fingerprint density at radius 2 is 2.06 bits per heavy atom. The van der Waals surface area contributed by atoms with Gasteiger partial charge in [0.2, 0.25) is 0 Å². The first-order valence-corrected chi connectivity index (χ1v) is 5.68. The van der Waals surface area contributed by atoms with Crippen molar-refractivity contribution in [3.63, 3.8) is 0 Å². The maximum atomic E-state index is 12.3. The predicted molar refractivity (Wildman–Crippen MR) is 56.2 cm³/mol. The van der Waals surface area contributed by atoms with Gasteiger partial charge in [0.05, 0.1) is 17.4 Å². The SMILES string of the molecule is OC(CC1CCC1)c1ccc(C(F)(F)F)cn1. The number of nitrogens with zero attached hydrogens (tertiary/aromatic N) is 1. The lowest BCUT2D eigenvalue weighted by Crippen LogP contribution is -2.15. The van der Waals surface area contributed by atoms with Crippen molar-refractivity contribution in [1.82, 2.24) is 4.98 Å². The monoisotopic (exact) mass is 245 g/mol. The first-order valence-electron chi connectivity index (χ1n) is 5.68. The summed E-state index contributed by atoms with van der Waals surface area (Å²) in [6, 6.07) is 2.22. The van der Waals surface area contributed by atoms with Crippen LogP contribution in [0.15, 0.2) is 18.3 Å². The average Bonchev–Trinajstić information content (AvgIpc) is 2.22. The first kappa shape index (κ1) is 12.4. The number of pyridine rings is 1. The van der Waals surface area contributed by atoms with Crippen LogP contribution in [0, 0.1) is 5.92 Å². The van der Waals surface area contributed by atoms with Crippen molar-refractivity contribution in [2.24, 2.45) is 5.92 Å². The van der Waals surface area contributed by atoms with E-state index >= 15 is 0 Å². The van der Waals surface area contributed by atoms with Gasteiger partial charge in [-0.05, 0) is 24.5 Å². The number of hydrogen-bond acceptors (Lipinski definition) is 2. The van der Waals surface area contributed by atoms with E-state index in [-0.39, 0.29) is 0 Å². The molecule has 2 nitrogen and oxygen atoms in total. The molecule has 1 fully saturated rings. The van der Waals surface area contributed by atoms with Gasteiger partial charge >= 0.3 is 6.18 Å². The molecule has 2 rings (SSSR count). The Labute approximate surface area is 97.5 Å². The number of rotatable bonds is 3. The Kier molecular flexibility index (Phi) is 3.38. The molecule has 1 aromatic heterocycles. The van der Waals surface area contributed by atoms with E-state index in [9.17, 15) is 18.3 Å². The molecule has 0 aliphatic heterocycles. The third-order valence-electron chi connectivity index (χ3n) is 3.24. The van der Waals surface area contributed by atoms with Crippen LogP contribution in [0.2, 0.25) is 0 Å². The van der Waals surface area contributed by atoms with E-state index in [0.717, 1.165) is 25.1 Å². The molecule has 1 heterocycles. The highest BCUT2D eigenvalue weighted by Gasteiger charge is 2.31. The summed E-state index contributed by atoms with van der Waals surface area (Å²) in [6.07, 6.45) is -0.377. The summed E-state index contributed by atoms with van der Waals surface area (Å²) in [6.45, 7) is 0. The van der Waals surface area contributed by atoms with Crippen molar-refractivity contribution in [3.05, 3.63) is 29.6 Å². The highest BCUT2D eigenvalue weighted by atomic mass is 19.4. The molecule has 1 aliphatic rings. The van der Waals surface area contributed by atoms with Gasteiger partial charge in [0.15, 0.2) is 0 Å². The zero-order valence-electron chi connectivity index (χ0n) is 9.24. The van der Waals surface area contributed by atoms with Gasteiger partial charge in [0, 0.05) is 6.20 Å². The molecule has 1 aromatic rings. The van der Waals surface area contributed by atoms with Crippen LogP contribution in [0.25, 0.3) is 0 Å². The van der Waals surface area contributed by atoms with Crippen molar-refractivity contribution in [1.29, 1.82) is 0 Å². The summed E-state index contributed by atoms with van der Waals surface area (Å²) >= 11 is 0. The van der Waals surface area contributed by atoms with Crippen LogP contribution < -0.4 is 0 Å². The fraction of sp³-hybridized carbons (Fsp3) is 0.583. The Balaban J connectivity index is 2.01. The smallest absolute Gasteiger partial charge is 0.387 e. The summed E-state index contributed by atoms with van der Waals surface area (Å²) in [5.41, 5.74) is -0.456. The fourth-order valence-corrected chi connectivity index (χ4v) is 1.94. The van der Waals surface area contributed by atoms with E-state index in [1.54, 1.807) is 0 Å². The van der Waals surface area contributed by atoms with Crippen molar-refractivity contribution in [2.45, 2.75) is 38.0 Å². The Hall–Kier alpha value is -1.10. The molecule has 1 aliphatic carbocycles. The molecule has 1 N–H and O–H groups in total. The number of alkyl halides is 3. The number of halogens is 3. The second kappa shape index (κ2) is 4.64. The van der Waals surface area contributed by atoms with Crippen molar-refractivity contribution < 1.29 is 18.3 Å². The molecule has 94 valence electrons. The lowest BCUT2D eigenvalue weighted by Gasteiger charge is -2.27. The van der Waals surface area contributed by atoms with Gasteiger partial charge in [-0.3, -0.25) is 4.98 Å². The largest absolute Gasteiger partial charge is 0.417 e. The highest BCUT2D eigenvalue weighted by Crippen LogP contribution is 2.35. The second-order valence-corrected chi connectivity index (χ2v) is 4.52. The molecule has 5 heteroatoms. The molecular formula is C12H14F3NO. The minimum atomic E-state index is -4.37. The van der Waals surface area contributed by atoms with Crippen molar-refractivity contribution in [3.8, 4) is 0 Å². The summed E-state index contributed by atoms with van der Waals surface area (Å²) < 4.78 is 36.9. The van der Waals surface area contributed by atoms with Gasteiger partial charge in [-0.2, -0.15) is 13.2 Å². The Morgan fingerprint density at radius 1 is 1.35 bits per heavy atom. The van der Waals surface area contributed by atoms with E-state index < -0.39 is 17.8 Å². The summed E-state index contributed by atoms with van der Waals surface area (Å²) in [5.74, 6) is 0.495. The summed E-state index contributed by atoms with van der Waals surface area (Å²) in [4.78, 5) is 3.69. The van der Waals surface area contributed by atoms with Crippen LogP contribution in [0.3, 0.4) is 0 Å². The van der Waals surface area contributed by atoms with Crippen LogP contribution in [0.4, 0.5) is 13.2 Å². The molecule has 17 heavy (non-hydrogen) atoms. The highest BCUT2D eigenvalue weighted by molar-refractivity contribution is 5.18. The van der Waals surface area contributed by atoms with Gasteiger partial charge in [0.1, 0.15) is 0 Å². The zero-order valence-corrected chi connectivity index (χ0v) is 9.24. The molecule has 0 bridgehead atoms. The van der Waals surface area contributed by atoms with Gasteiger partial charge in [-0.25, -0.2) is 0 Å². The number of aromatic nitrogens is 1. The van der Waals surface area contributed by atoms with E-state index in [2.05, 4.69) is 4.98 Å². The quantitative estimate of drug-likeness (QED) is 0.886. The summed E-state index contributed by atoms with van der Waals surface area (Å²) in [5, 5.41) is 9.81. The Bertz CT molecular complexity index is 370. The van der Waals surface area contributed by atoms with E-state index in [1.807, 2.05) is 0 Å². The first-order chi connectivity index (χ1) is 7.97. The maximum absolute atomic E-state index is 12.3. The van der Waals surface area contributed by atoms with Crippen molar-refractivity contribution >= 4 is 0 Å². The zero-order chi connectivity index (χ0) is 12.5. The number of hydrogen-bond donors (Lipinski definition) is 1. The van der Waals surface area contributed by atoms with E-state index in [0.29, 0.717) is 18.0 Å². The number of aliphatic hydroxyl groups is 1. The second-order valence-electron chi connectivity index (χ2n) is 4.52.